The van der Waals surface area contributed by atoms with Crippen LogP contribution in [0.25, 0.3) is 0 Å². The van der Waals surface area contributed by atoms with Crippen molar-refractivity contribution in [2.45, 2.75) is 5.75 Å². The average Bonchev–Trinajstić information content (AvgIpc) is 2.34. The fourth-order valence-corrected chi connectivity index (χ4v) is 1.73. The molecule has 47 valence electrons. The van der Waals surface area contributed by atoms with Gasteiger partial charge < -0.3 is 0 Å². The molecule has 1 heterocycles. The zero-order valence-corrected chi connectivity index (χ0v) is 6.30. The summed E-state index contributed by atoms with van der Waals surface area (Å²) in [5.74, 6) is 0.765. The minimum Gasteiger partial charge on any atom is -0.277 e. The van der Waals surface area contributed by atoms with Gasteiger partial charge in [-0.1, -0.05) is 17.8 Å². The molecule has 0 aliphatic heterocycles. The van der Waals surface area contributed by atoms with Crippen LogP contribution in [0.15, 0.2) is 17.5 Å². The van der Waals surface area contributed by atoms with Crippen LogP contribution in [0.5, 0.6) is 0 Å². The highest BCUT2D eigenvalue weighted by Gasteiger charge is 1.91. The topological polar surface area (TPSA) is 17.1 Å². The predicted molar refractivity (Wildman–Crippen MR) is 41.3 cm³/mol. The molecule has 0 aliphatic carbocycles. The molecule has 0 fully saturated rings. The lowest BCUT2D eigenvalue weighted by Gasteiger charge is -1.84. The van der Waals surface area contributed by atoms with E-state index in [2.05, 4.69) is 0 Å². The number of rotatable bonds is 3. The lowest BCUT2D eigenvalue weighted by Crippen LogP contribution is -1.69. The molecule has 1 aromatic rings. The molecule has 3 heteroatoms. The Bertz CT molecular complexity index is 169. The average molecular weight is 157 g/mol. The first-order valence-electron chi connectivity index (χ1n) is 2.45. The zero-order valence-electron chi connectivity index (χ0n) is 4.66. The lowest BCUT2D eigenvalue weighted by molar-refractivity contribution is 0.570. The monoisotopic (exact) mass is 157 g/mol. The molecule has 0 N–H and O–H groups in total. The molecule has 0 atom stereocenters. The summed E-state index contributed by atoms with van der Waals surface area (Å²) in [6, 6.07) is 3.99. The maximum absolute atomic E-state index is 9.74. The van der Waals surface area contributed by atoms with Crippen molar-refractivity contribution in [3.63, 3.8) is 0 Å². The third kappa shape index (κ3) is 2.20. The first-order chi connectivity index (χ1) is 4.43. The Hall–Kier alpha value is -0.280. The van der Waals surface area contributed by atoms with Gasteiger partial charge in [-0.2, -0.15) is 0 Å². The number of thioether (sulfide) groups is 1. The summed E-state index contributed by atoms with van der Waals surface area (Å²) in [6.45, 7) is 0. The quantitative estimate of drug-likeness (QED) is 0.668. The van der Waals surface area contributed by atoms with Crippen LogP contribution in [0.3, 0.4) is 0 Å². The highest BCUT2D eigenvalue weighted by Crippen LogP contribution is 2.14. The summed E-state index contributed by atoms with van der Waals surface area (Å²) in [5, 5.41) is 2.00. The molecule has 9 heavy (non-hydrogen) atoms. The van der Waals surface area contributed by atoms with Crippen LogP contribution in [-0.2, 0) is 10.5 Å². The highest BCUT2D eigenvalue weighted by molar-refractivity contribution is 8.11. The zero-order chi connectivity index (χ0) is 6.53. The van der Waals surface area contributed by atoms with Crippen molar-refractivity contribution in [1.29, 1.82) is 0 Å². The summed E-state index contributed by atoms with van der Waals surface area (Å²) >= 11 is 2.83. The van der Waals surface area contributed by atoms with Gasteiger partial charge in [0.1, 0.15) is 0 Å². The van der Waals surface area contributed by atoms with Gasteiger partial charge in [0.15, 0.2) is 0 Å². The molecule has 0 saturated heterocycles. The Morgan fingerprint density at radius 2 is 2.67 bits per heavy atom. The second-order valence-corrected chi connectivity index (χ2v) is 3.23. The predicted octanol–water partition coefficient (Wildman–Crippen LogP) is 2.05. The first-order valence-corrected chi connectivity index (χ1v) is 4.31. The van der Waals surface area contributed by atoms with Gasteiger partial charge in [0.05, 0.1) is 0 Å². The van der Waals surface area contributed by atoms with E-state index < -0.39 is 0 Å². The second kappa shape index (κ2) is 3.69. The van der Waals surface area contributed by atoms with Crippen LogP contribution in [-0.4, -0.2) is 5.62 Å². The van der Waals surface area contributed by atoms with E-state index in [1.165, 1.54) is 16.6 Å². The molecule has 1 radical (unpaired) electrons. The van der Waals surface area contributed by atoms with E-state index in [4.69, 9.17) is 0 Å². The SMILES string of the molecule is O=[C]SCc1cccs1. The Balaban J connectivity index is 2.38. The van der Waals surface area contributed by atoms with Crippen LogP contribution in [0.4, 0.5) is 0 Å². The van der Waals surface area contributed by atoms with Crippen molar-refractivity contribution in [1.82, 2.24) is 0 Å². The van der Waals surface area contributed by atoms with Gasteiger partial charge in [-0.05, 0) is 11.4 Å². The number of thiophene rings is 1. The third-order valence-corrected chi connectivity index (χ3v) is 2.49. The molecule has 0 spiro atoms. The van der Waals surface area contributed by atoms with Crippen LogP contribution in [0.2, 0.25) is 0 Å². The van der Waals surface area contributed by atoms with E-state index in [0.29, 0.717) is 0 Å². The number of hydrogen-bond acceptors (Lipinski definition) is 3. The van der Waals surface area contributed by atoms with Crippen LogP contribution < -0.4 is 0 Å². The molecule has 0 amide bonds. The molecular weight excluding hydrogens is 152 g/mol. The lowest BCUT2D eigenvalue weighted by atomic mass is 10.5. The maximum atomic E-state index is 9.74. The summed E-state index contributed by atoms with van der Waals surface area (Å²) in [4.78, 5) is 11.0. The van der Waals surface area contributed by atoms with Crippen LogP contribution in [0.1, 0.15) is 4.88 Å². The van der Waals surface area contributed by atoms with E-state index in [1.54, 1.807) is 17.0 Å². The summed E-state index contributed by atoms with van der Waals surface area (Å²) < 4.78 is 0. The van der Waals surface area contributed by atoms with Crippen molar-refractivity contribution in [3.05, 3.63) is 22.4 Å². The van der Waals surface area contributed by atoms with Crippen LogP contribution >= 0.6 is 23.1 Å². The smallest absolute Gasteiger partial charge is 0.266 e. The van der Waals surface area contributed by atoms with Crippen molar-refractivity contribution in [2.75, 3.05) is 0 Å². The van der Waals surface area contributed by atoms with Crippen molar-refractivity contribution >= 4 is 28.7 Å². The van der Waals surface area contributed by atoms with Crippen LogP contribution in [0, 0.1) is 0 Å². The first kappa shape index (κ1) is 6.83. The van der Waals surface area contributed by atoms with Gasteiger partial charge in [-0.25, -0.2) is 0 Å². The standard InChI is InChI=1S/C6H5OS2/c7-5-8-4-6-2-1-3-9-6/h1-3H,4H2. The van der Waals surface area contributed by atoms with Crippen molar-refractivity contribution in [3.8, 4) is 0 Å². The second-order valence-electron chi connectivity index (χ2n) is 1.45. The van der Waals surface area contributed by atoms with Gasteiger partial charge in [0.25, 0.3) is 5.62 Å². The molecule has 0 aliphatic rings. The highest BCUT2D eigenvalue weighted by atomic mass is 32.2. The summed E-state index contributed by atoms with van der Waals surface area (Å²) in [6.07, 6.45) is 0. The number of hydrogen-bond donors (Lipinski definition) is 0. The minimum atomic E-state index is 0.765. The van der Waals surface area contributed by atoms with E-state index in [-0.39, 0.29) is 0 Å². The fraction of sp³-hybridized carbons (Fsp3) is 0.167. The van der Waals surface area contributed by atoms with E-state index in [9.17, 15) is 4.79 Å². The molecular formula is C6H5OS2. The normalized spacial score (nSPS) is 9.33. The van der Waals surface area contributed by atoms with Gasteiger partial charge in [0, 0.05) is 10.6 Å². The largest absolute Gasteiger partial charge is 0.277 e. The number of carbonyl (C=O) groups excluding carboxylic acids is 1. The molecule has 1 aromatic heterocycles. The van der Waals surface area contributed by atoms with Crippen molar-refractivity contribution in [2.24, 2.45) is 0 Å². The molecule has 1 rings (SSSR count). The fourth-order valence-electron chi connectivity index (χ4n) is 0.495. The Labute approximate surface area is 62.1 Å². The Morgan fingerprint density at radius 1 is 1.78 bits per heavy atom. The summed E-state index contributed by atoms with van der Waals surface area (Å²) in [7, 11) is 0. The molecule has 0 saturated carbocycles. The summed E-state index contributed by atoms with van der Waals surface area (Å²) in [5.41, 5.74) is 1.78. The minimum absolute atomic E-state index is 0.765. The van der Waals surface area contributed by atoms with Gasteiger partial charge in [0.2, 0.25) is 0 Å². The third-order valence-electron chi connectivity index (χ3n) is 0.853. The Morgan fingerprint density at radius 3 is 3.22 bits per heavy atom. The van der Waals surface area contributed by atoms with Gasteiger partial charge in [-0.15, -0.1) is 11.3 Å². The Kier molecular flexibility index (Phi) is 2.80. The van der Waals surface area contributed by atoms with Gasteiger partial charge in [-0.3, -0.25) is 4.79 Å². The van der Waals surface area contributed by atoms with Gasteiger partial charge >= 0.3 is 0 Å². The molecule has 1 nitrogen and oxygen atoms in total. The molecule has 0 bridgehead atoms. The molecule has 0 aromatic carbocycles. The van der Waals surface area contributed by atoms with Crippen molar-refractivity contribution < 1.29 is 4.79 Å². The van der Waals surface area contributed by atoms with E-state index >= 15 is 0 Å². The van der Waals surface area contributed by atoms with E-state index in [1.807, 2.05) is 17.5 Å². The molecule has 0 unspecified atom stereocenters. The maximum Gasteiger partial charge on any atom is 0.266 e. The van der Waals surface area contributed by atoms with E-state index in [0.717, 1.165) is 5.75 Å².